The maximum atomic E-state index is 7.54. The molecule has 2 aromatic rings. The molecule has 0 saturated carbocycles. The van der Waals surface area contributed by atoms with Gasteiger partial charge in [0.1, 0.15) is 6.61 Å². The normalized spacial score (nSPS) is 16.8. The number of oxime groups is 1. The molecule has 162 valence electrons. The number of hydrogen-bond acceptors (Lipinski definition) is 6. The lowest BCUT2D eigenvalue weighted by Crippen LogP contribution is -2.34. The van der Waals surface area contributed by atoms with Crippen LogP contribution in [0.2, 0.25) is 0 Å². The number of likely N-dealkylation sites (tertiary alicyclic amines) is 1. The number of rotatable bonds is 10. The Labute approximate surface area is 178 Å². The van der Waals surface area contributed by atoms with Crippen LogP contribution in [0.15, 0.2) is 33.9 Å². The molecule has 1 aromatic heterocycles. The molecule has 0 spiro atoms. The molecule has 1 aromatic carbocycles. The molecule has 1 fully saturated rings. The highest BCUT2D eigenvalue weighted by Crippen LogP contribution is 2.27. The van der Waals surface area contributed by atoms with Gasteiger partial charge in [-0.3, -0.25) is 5.41 Å². The van der Waals surface area contributed by atoms with Crippen LogP contribution >= 0.6 is 0 Å². The number of unbranched alkanes of at least 4 members (excludes halogenated alkanes) is 4. The van der Waals surface area contributed by atoms with Gasteiger partial charge >= 0.3 is 0 Å². The molecule has 8 heteroatoms. The van der Waals surface area contributed by atoms with Crippen LogP contribution < -0.4 is 5.73 Å². The van der Waals surface area contributed by atoms with Crippen LogP contribution in [0.25, 0.3) is 11.4 Å². The van der Waals surface area contributed by atoms with Gasteiger partial charge in [0, 0.05) is 18.7 Å². The maximum absolute atomic E-state index is 7.54. The Balaban J connectivity index is 1.52. The van der Waals surface area contributed by atoms with Crippen LogP contribution in [0.1, 0.15) is 69.7 Å². The first-order valence-electron chi connectivity index (χ1n) is 10.8. The van der Waals surface area contributed by atoms with Gasteiger partial charge in [-0.15, -0.1) is 0 Å². The van der Waals surface area contributed by atoms with Crippen molar-refractivity contribution < 1.29 is 9.36 Å². The second-order valence-electron chi connectivity index (χ2n) is 7.77. The molecule has 3 rings (SSSR count). The standard InChI is InChI=1S/C22H32N6O2/c1-3-4-5-6-7-14-29-26-16(2)17-8-10-18(11-9-17)20-25-21(30-27-20)19-12-13-28(15-19)22(23)24/h8-11,19H,3-7,12-15H2,1-2H3,(H3,23,24). The molecular weight excluding hydrogens is 380 g/mol. The van der Waals surface area contributed by atoms with E-state index in [9.17, 15) is 0 Å². The highest BCUT2D eigenvalue weighted by Gasteiger charge is 2.29. The molecule has 0 amide bonds. The zero-order valence-corrected chi connectivity index (χ0v) is 17.9. The van der Waals surface area contributed by atoms with Crippen LogP contribution in [0.4, 0.5) is 0 Å². The quantitative estimate of drug-likeness (QED) is 0.262. The number of nitrogens with zero attached hydrogens (tertiary/aromatic N) is 4. The third-order valence-corrected chi connectivity index (χ3v) is 5.42. The summed E-state index contributed by atoms with van der Waals surface area (Å²) < 4.78 is 5.47. The minimum absolute atomic E-state index is 0.0883. The molecule has 1 unspecified atom stereocenters. The number of benzene rings is 1. The zero-order valence-electron chi connectivity index (χ0n) is 17.9. The summed E-state index contributed by atoms with van der Waals surface area (Å²) in [5.41, 5.74) is 8.30. The van der Waals surface area contributed by atoms with E-state index in [2.05, 4.69) is 22.2 Å². The van der Waals surface area contributed by atoms with E-state index in [1.807, 2.05) is 36.1 Å². The molecule has 8 nitrogen and oxygen atoms in total. The van der Waals surface area contributed by atoms with Crippen molar-refractivity contribution in [3.05, 3.63) is 35.7 Å². The fourth-order valence-corrected chi connectivity index (χ4v) is 3.52. The largest absolute Gasteiger partial charge is 0.396 e. The van der Waals surface area contributed by atoms with Gasteiger partial charge in [-0.2, -0.15) is 4.98 Å². The van der Waals surface area contributed by atoms with Crippen molar-refractivity contribution in [1.82, 2.24) is 15.0 Å². The first-order valence-corrected chi connectivity index (χ1v) is 10.8. The van der Waals surface area contributed by atoms with Crippen molar-refractivity contribution in [3.8, 4) is 11.4 Å². The van der Waals surface area contributed by atoms with E-state index in [1.54, 1.807) is 0 Å². The molecule has 0 radical (unpaired) electrons. The summed E-state index contributed by atoms with van der Waals surface area (Å²) in [5, 5.41) is 15.9. The van der Waals surface area contributed by atoms with Crippen LogP contribution in [-0.2, 0) is 4.84 Å². The van der Waals surface area contributed by atoms with Crippen molar-refractivity contribution in [3.63, 3.8) is 0 Å². The SMILES string of the molecule is CCCCCCCON=C(C)c1ccc(-c2noc(C3CCN(C(=N)N)C3)n2)cc1. The average Bonchev–Trinajstić information content (AvgIpc) is 3.43. The lowest BCUT2D eigenvalue weighted by molar-refractivity contribution is 0.139. The van der Waals surface area contributed by atoms with Crippen molar-refractivity contribution in [2.24, 2.45) is 10.9 Å². The Hall–Kier alpha value is -2.90. The predicted molar refractivity (Wildman–Crippen MR) is 118 cm³/mol. The van der Waals surface area contributed by atoms with Crippen LogP contribution in [0, 0.1) is 5.41 Å². The van der Waals surface area contributed by atoms with Crippen molar-refractivity contribution in [1.29, 1.82) is 5.41 Å². The van der Waals surface area contributed by atoms with Crippen LogP contribution in [-0.4, -0.2) is 46.4 Å². The summed E-state index contributed by atoms with van der Waals surface area (Å²) in [5.74, 6) is 1.37. The Morgan fingerprint density at radius 1 is 1.27 bits per heavy atom. The molecule has 2 heterocycles. The number of nitrogens with one attached hydrogen (secondary N) is 1. The molecule has 30 heavy (non-hydrogen) atoms. The Morgan fingerprint density at radius 2 is 2.03 bits per heavy atom. The van der Waals surface area contributed by atoms with E-state index in [0.29, 0.717) is 24.9 Å². The fraction of sp³-hybridized carbons (Fsp3) is 0.545. The van der Waals surface area contributed by atoms with Gasteiger partial charge in [-0.25, -0.2) is 0 Å². The summed E-state index contributed by atoms with van der Waals surface area (Å²) in [7, 11) is 0. The summed E-state index contributed by atoms with van der Waals surface area (Å²) in [6, 6.07) is 7.90. The molecule has 0 bridgehead atoms. The first-order chi connectivity index (χ1) is 14.6. The highest BCUT2D eigenvalue weighted by molar-refractivity contribution is 5.98. The van der Waals surface area contributed by atoms with Gasteiger partial charge < -0.3 is 20.0 Å². The molecule has 1 atom stereocenters. The van der Waals surface area contributed by atoms with E-state index in [-0.39, 0.29) is 11.9 Å². The number of aromatic nitrogens is 2. The minimum atomic E-state index is 0.0883. The smallest absolute Gasteiger partial charge is 0.231 e. The van der Waals surface area contributed by atoms with Crippen LogP contribution in [0.3, 0.4) is 0 Å². The topological polar surface area (TPSA) is 114 Å². The first kappa shape index (κ1) is 21.8. The number of guanidine groups is 1. The Bertz CT molecular complexity index is 846. The number of nitrogens with two attached hydrogens (primary N) is 1. The second-order valence-corrected chi connectivity index (χ2v) is 7.77. The minimum Gasteiger partial charge on any atom is -0.396 e. The third-order valence-electron chi connectivity index (χ3n) is 5.42. The monoisotopic (exact) mass is 412 g/mol. The number of hydrogen-bond donors (Lipinski definition) is 2. The van der Waals surface area contributed by atoms with Crippen molar-refractivity contribution in [2.75, 3.05) is 19.7 Å². The summed E-state index contributed by atoms with van der Waals surface area (Å²) in [6.45, 7) is 6.20. The van der Waals surface area contributed by atoms with E-state index in [0.717, 1.165) is 36.2 Å². The molecule has 1 saturated heterocycles. The summed E-state index contributed by atoms with van der Waals surface area (Å²) in [6.07, 6.45) is 6.89. The van der Waals surface area contributed by atoms with Gasteiger partial charge in [0.05, 0.1) is 11.6 Å². The van der Waals surface area contributed by atoms with Crippen LogP contribution in [0.5, 0.6) is 0 Å². The molecular formula is C22H32N6O2. The molecule has 1 aliphatic heterocycles. The Kier molecular flexibility index (Phi) is 7.82. The van der Waals surface area contributed by atoms with Crippen molar-refractivity contribution in [2.45, 2.75) is 58.3 Å². The van der Waals surface area contributed by atoms with Gasteiger partial charge in [-0.1, -0.05) is 60.8 Å². The highest BCUT2D eigenvalue weighted by atomic mass is 16.6. The Morgan fingerprint density at radius 3 is 2.73 bits per heavy atom. The van der Waals surface area contributed by atoms with E-state index in [4.69, 9.17) is 20.5 Å². The molecule has 1 aliphatic rings. The summed E-state index contributed by atoms with van der Waals surface area (Å²) in [4.78, 5) is 11.8. The van der Waals surface area contributed by atoms with Gasteiger partial charge in [-0.05, 0) is 31.7 Å². The summed E-state index contributed by atoms with van der Waals surface area (Å²) >= 11 is 0. The lowest BCUT2D eigenvalue weighted by Gasteiger charge is -2.14. The van der Waals surface area contributed by atoms with Gasteiger partial charge in [0.25, 0.3) is 0 Å². The maximum Gasteiger partial charge on any atom is 0.231 e. The van der Waals surface area contributed by atoms with E-state index < -0.39 is 0 Å². The van der Waals surface area contributed by atoms with Crippen molar-refractivity contribution >= 4 is 11.7 Å². The lowest BCUT2D eigenvalue weighted by atomic mass is 10.1. The third kappa shape index (κ3) is 5.81. The fourth-order valence-electron chi connectivity index (χ4n) is 3.52. The van der Waals surface area contributed by atoms with E-state index >= 15 is 0 Å². The average molecular weight is 413 g/mol. The van der Waals surface area contributed by atoms with E-state index in [1.165, 1.54) is 25.7 Å². The second kappa shape index (κ2) is 10.8. The molecule has 3 N–H and O–H groups in total. The molecule has 0 aliphatic carbocycles. The zero-order chi connectivity index (χ0) is 21.3. The predicted octanol–water partition coefficient (Wildman–Crippen LogP) is 4.13. The van der Waals surface area contributed by atoms with Gasteiger partial charge in [0.2, 0.25) is 11.7 Å². The van der Waals surface area contributed by atoms with Gasteiger partial charge in [0.15, 0.2) is 5.96 Å².